The van der Waals surface area contributed by atoms with Crippen LogP contribution in [0.2, 0.25) is 0 Å². The molecular weight excluding hydrogens is 252 g/mol. The fourth-order valence-electron chi connectivity index (χ4n) is 3.71. The monoisotopic (exact) mass is 284 g/mol. The summed E-state index contributed by atoms with van der Waals surface area (Å²) in [5.41, 5.74) is 0. The second-order valence-corrected chi connectivity index (χ2v) is 8.26. The number of thioether (sulfide) groups is 1. The van der Waals surface area contributed by atoms with Gasteiger partial charge in [0.1, 0.15) is 0 Å². The number of hydrogen-bond acceptors (Lipinski definition) is 2. The Balaban J connectivity index is 1.77. The average Bonchev–Trinajstić information content (AvgIpc) is 2.78. The van der Waals surface area contributed by atoms with Crippen LogP contribution in [0.1, 0.15) is 59.8 Å². The van der Waals surface area contributed by atoms with Gasteiger partial charge in [0.2, 0.25) is 0 Å². The zero-order valence-corrected chi connectivity index (χ0v) is 14.0. The van der Waals surface area contributed by atoms with E-state index in [1.54, 1.807) is 0 Å². The third-order valence-corrected chi connectivity index (χ3v) is 7.05. The van der Waals surface area contributed by atoms with E-state index in [9.17, 15) is 0 Å². The van der Waals surface area contributed by atoms with E-state index in [2.05, 4.69) is 39.5 Å². The SMILES string of the molecule is CCOC1CCC2C(CCC(C)C(C)C)CSC2C1. The first kappa shape index (κ1) is 15.7. The summed E-state index contributed by atoms with van der Waals surface area (Å²) in [7, 11) is 0. The van der Waals surface area contributed by atoms with Gasteiger partial charge in [0.25, 0.3) is 0 Å². The van der Waals surface area contributed by atoms with Crippen molar-refractivity contribution in [3.63, 3.8) is 0 Å². The van der Waals surface area contributed by atoms with Gasteiger partial charge in [-0.25, -0.2) is 0 Å². The maximum atomic E-state index is 5.84. The lowest BCUT2D eigenvalue weighted by molar-refractivity contribution is 0.0237. The van der Waals surface area contributed by atoms with Gasteiger partial charge < -0.3 is 4.74 Å². The van der Waals surface area contributed by atoms with Crippen molar-refractivity contribution in [2.24, 2.45) is 23.7 Å². The summed E-state index contributed by atoms with van der Waals surface area (Å²) >= 11 is 2.24. The smallest absolute Gasteiger partial charge is 0.0585 e. The second-order valence-electron chi connectivity index (χ2n) is 6.98. The van der Waals surface area contributed by atoms with E-state index >= 15 is 0 Å². The maximum absolute atomic E-state index is 5.84. The highest BCUT2D eigenvalue weighted by Crippen LogP contribution is 2.48. The number of rotatable bonds is 6. The number of fused-ring (bicyclic) bond motifs is 1. The average molecular weight is 285 g/mol. The van der Waals surface area contributed by atoms with Crippen LogP contribution in [-0.4, -0.2) is 23.7 Å². The molecule has 0 aromatic rings. The van der Waals surface area contributed by atoms with Crippen molar-refractivity contribution >= 4 is 11.8 Å². The van der Waals surface area contributed by atoms with E-state index in [0.717, 1.165) is 35.5 Å². The van der Waals surface area contributed by atoms with Crippen LogP contribution < -0.4 is 0 Å². The molecule has 1 nitrogen and oxygen atoms in total. The lowest BCUT2D eigenvalue weighted by atomic mass is 9.76. The summed E-state index contributed by atoms with van der Waals surface area (Å²) in [5, 5.41) is 0.907. The molecular formula is C17H32OS. The molecule has 2 aliphatic rings. The fourth-order valence-corrected chi connectivity index (χ4v) is 5.58. The third kappa shape index (κ3) is 4.14. The van der Waals surface area contributed by atoms with Gasteiger partial charge >= 0.3 is 0 Å². The summed E-state index contributed by atoms with van der Waals surface area (Å²) in [6.45, 7) is 10.2. The molecule has 2 heteroatoms. The molecule has 1 aliphatic heterocycles. The normalized spacial score (nSPS) is 36.5. The predicted molar refractivity (Wildman–Crippen MR) is 85.7 cm³/mol. The first-order chi connectivity index (χ1) is 9.11. The maximum Gasteiger partial charge on any atom is 0.0585 e. The van der Waals surface area contributed by atoms with Gasteiger partial charge in [-0.3, -0.25) is 0 Å². The molecule has 1 heterocycles. The van der Waals surface area contributed by atoms with E-state index in [1.807, 2.05) is 0 Å². The summed E-state index contributed by atoms with van der Waals surface area (Å²) in [6.07, 6.45) is 7.51. The van der Waals surface area contributed by atoms with E-state index < -0.39 is 0 Å². The Morgan fingerprint density at radius 2 is 2.00 bits per heavy atom. The molecule has 19 heavy (non-hydrogen) atoms. The number of hydrogen-bond donors (Lipinski definition) is 0. The van der Waals surface area contributed by atoms with Crippen molar-refractivity contribution in [3.8, 4) is 0 Å². The van der Waals surface area contributed by atoms with Gasteiger partial charge in [-0.15, -0.1) is 0 Å². The minimum Gasteiger partial charge on any atom is -0.378 e. The first-order valence-corrected chi connectivity index (χ1v) is 9.39. The van der Waals surface area contributed by atoms with Gasteiger partial charge in [-0.1, -0.05) is 27.2 Å². The highest BCUT2D eigenvalue weighted by atomic mass is 32.2. The Morgan fingerprint density at radius 3 is 2.68 bits per heavy atom. The number of ether oxygens (including phenoxy) is 1. The van der Waals surface area contributed by atoms with Gasteiger partial charge in [0, 0.05) is 11.9 Å². The zero-order valence-electron chi connectivity index (χ0n) is 13.2. The molecule has 0 radical (unpaired) electrons. The lowest BCUT2D eigenvalue weighted by Gasteiger charge is -2.33. The third-order valence-electron chi connectivity index (χ3n) is 5.46. The van der Waals surface area contributed by atoms with E-state index in [4.69, 9.17) is 4.74 Å². The topological polar surface area (TPSA) is 9.23 Å². The van der Waals surface area contributed by atoms with Gasteiger partial charge in [0.15, 0.2) is 0 Å². The van der Waals surface area contributed by atoms with Crippen LogP contribution in [0.4, 0.5) is 0 Å². The van der Waals surface area contributed by atoms with Gasteiger partial charge in [0.05, 0.1) is 6.10 Å². The van der Waals surface area contributed by atoms with Crippen LogP contribution in [0.3, 0.4) is 0 Å². The minimum atomic E-state index is 0.562. The summed E-state index contributed by atoms with van der Waals surface area (Å²) in [5.74, 6) is 5.15. The Kier molecular flexibility index (Phi) is 6.08. The van der Waals surface area contributed by atoms with Crippen molar-refractivity contribution in [3.05, 3.63) is 0 Å². The van der Waals surface area contributed by atoms with Crippen molar-refractivity contribution in [2.45, 2.75) is 71.2 Å². The van der Waals surface area contributed by atoms with Crippen LogP contribution >= 0.6 is 11.8 Å². The van der Waals surface area contributed by atoms with Crippen LogP contribution in [0.15, 0.2) is 0 Å². The molecule has 0 amide bonds. The second kappa shape index (κ2) is 7.36. The molecule has 5 atom stereocenters. The Bertz CT molecular complexity index is 266. The van der Waals surface area contributed by atoms with Crippen molar-refractivity contribution in [2.75, 3.05) is 12.4 Å². The van der Waals surface area contributed by atoms with Gasteiger partial charge in [-0.2, -0.15) is 11.8 Å². The Labute approximate surface area is 124 Å². The molecule has 1 aliphatic carbocycles. The summed E-state index contributed by atoms with van der Waals surface area (Å²) in [6, 6.07) is 0. The van der Waals surface area contributed by atoms with E-state index in [0.29, 0.717) is 6.10 Å². The molecule has 0 bridgehead atoms. The molecule has 2 fully saturated rings. The van der Waals surface area contributed by atoms with E-state index in [1.165, 1.54) is 37.9 Å². The zero-order chi connectivity index (χ0) is 13.8. The highest BCUT2D eigenvalue weighted by Gasteiger charge is 2.40. The van der Waals surface area contributed by atoms with Crippen LogP contribution in [0.5, 0.6) is 0 Å². The van der Waals surface area contributed by atoms with Crippen LogP contribution in [0.25, 0.3) is 0 Å². The molecule has 112 valence electrons. The van der Waals surface area contributed by atoms with Crippen molar-refractivity contribution in [1.82, 2.24) is 0 Å². The lowest BCUT2D eigenvalue weighted by Crippen LogP contribution is -2.32. The molecule has 1 saturated heterocycles. The molecule has 2 rings (SSSR count). The van der Waals surface area contributed by atoms with Crippen LogP contribution in [0, 0.1) is 23.7 Å². The quantitative estimate of drug-likeness (QED) is 0.679. The molecule has 0 aromatic heterocycles. The fraction of sp³-hybridized carbons (Fsp3) is 1.00. The standard InChI is InChI=1S/C17H32OS/c1-5-18-15-8-9-16-14(11-19-17(16)10-15)7-6-13(4)12(2)3/h12-17H,5-11H2,1-4H3. The Morgan fingerprint density at radius 1 is 1.21 bits per heavy atom. The summed E-state index contributed by atoms with van der Waals surface area (Å²) in [4.78, 5) is 0. The summed E-state index contributed by atoms with van der Waals surface area (Å²) < 4.78 is 5.84. The van der Waals surface area contributed by atoms with Gasteiger partial charge in [-0.05, 0) is 62.0 Å². The molecule has 5 unspecified atom stereocenters. The first-order valence-electron chi connectivity index (χ1n) is 8.35. The highest BCUT2D eigenvalue weighted by molar-refractivity contribution is 8.00. The van der Waals surface area contributed by atoms with E-state index in [-0.39, 0.29) is 0 Å². The Hall–Kier alpha value is 0.310. The van der Waals surface area contributed by atoms with Crippen molar-refractivity contribution in [1.29, 1.82) is 0 Å². The molecule has 0 N–H and O–H groups in total. The molecule has 0 spiro atoms. The molecule has 0 aromatic carbocycles. The van der Waals surface area contributed by atoms with Crippen LogP contribution in [-0.2, 0) is 4.74 Å². The molecule has 1 saturated carbocycles. The largest absolute Gasteiger partial charge is 0.378 e. The van der Waals surface area contributed by atoms with Crippen molar-refractivity contribution < 1.29 is 4.74 Å². The predicted octanol–water partition coefficient (Wildman–Crippen LogP) is 5.00. The minimum absolute atomic E-state index is 0.562.